The molecule has 0 aliphatic carbocycles. The van der Waals surface area contributed by atoms with Crippen molar-refractivity contribution in [1.29, 1.82) is 0 Å². The first-order valence-corrected chi connectivity index (χ1v) is 6.68. The minimum Gasteiger partial charge on any atom is -0.508 e. The fourth-order valence-electron chi connectivity index (χ4n) is 1.68. The lowest BCUT2D eigenvalue weighted by Gasteiger charge is -2.08. The SMILES string of the molecule is O=C(COC(=O)c1ccc(O)cc1O)Nc1cc(Cl)ccc1F. The highest BCUT2D eigenvalue weighted by atomic mass is 35.5. The summed E-state index contributed by atoms with van der Waals surface area (Å²) < 4.78 is 18.2. The van der Waals surface area contributed by atoms with Gasteiger partial charge in [-0.15, -0.1) is 0 Å². The number of benzene rings is 2. The van der Waals surface area contributed by atoms with Crippen molar-refractivity contribution < 1.29 is 28.9 Å². The molecule has 0 saturated carbocycles. The fraction of sp³-hybridized carbons (Fsp3) is 0.0667. The van der Waals surface area contributed by atoms with Crippen LogP contribution in [0.3, 0.4) is 0 Å². The van der Waals surface area contributed by atoms with Crippen LogP contribution >= 0.6 is 11.6 Å². The quantitative estimate of drug-likeness (QED) is 0.744. The van der Waals surface area contributed by atoms with Gasteiger partial charge in [-0.1, -0.05) is 11.6 Å². The van der Waals surface area contributed by atoms with Crippen LogP contribution < -0.4 is 5.32 Å². The Kier molecular flexibility index (Phi) is 5.02. The number of phenols is 2. The van der Waals surface area contributed by atoms with E-state index in [1.54, 1.807) is 0 Å². The Hall–Kier alpha value is -2.80. The van der Waals surface area contributed by atoms with Gasteiger partial charge < -0.3 is 20.3 Å². The largest absolute Gasteiger partial charge is 0.508 e. The maximum absolute atomic E-state index is 13.4. The van der Waals surface area contributed by atoms with E-state index in [1.165, 1.54) is 18.2 Å². The average molecular weight is 340 g/mol. The Bertz CT molecular complexity index is 766. The number of amides is 1. The summed E-state index contributed by atoms with van der Waals surface area (Å²) in [5.74, 6) is -3.16. The number of carbonyl (C=O) groups is 2. The van der Waals surface area contributed by atoms with E-state index < -0.39 is 30.1 Å². The van der Waals surface area contributed by atoms with Gasteiger partial charge in [0.15, 0.2) is 6.61 Å². The number of phenolic OH excluding ortho intramolecular Hbond substituents is 2. The van der Waals surface area contributed by atoms with Gasteiger partial charge in [-0.05, 0) is 30.3 Å². The normalized spacial score (nSPS) is 10.2. The minimum absolute atomic E-state index is 0.147. The van der Waals surface area contributed by atoms with E-state index in [0.717, 1.165) is 18.2 Å². The van der Waals surface area contributed by atoms with Crippen molar-refractivity contribution in [2.45, 2.75) is 0 Å². The summed E-state index contributed by atoms with van der Waals surface area (Å²) in [4.78, 5) is 23.4. The molecule has 8 heteroatoms. The highest BCUT2D eigenvalue weighted by Crippen LogP contribution is 2.23. The van der Waals surface area contributed by atoms with E-state index in [-0.39, 0.29) is 22.0 Å². The predicted molar refractivity (Wildman–Crippen MR) is 80.1 cm³/mol. The highest BCUT2D eigenvalue weighted by molar-refractivity contribution is 6.30. The third-order valence-electron chi connectivity index (χ3n) is 2.74. The van der Waals surface area contributed by atoms with Crippen LogP contribution in [0.4, 0.5) is 10.1 Å². The predicted octanol–water partition coefficient (Wildman–Crippen LogP) is 2.69. The summed E-state index contributed by atoms with van der Waals surface area (Å²) in [6, 6.07) is 6.89. The molecule has 0 aliphatic heterocycles. The molecule has 6 nitrogen and oxygen atoms in total. The molecule has 3 N–H and O–H groups in total. The molecule has 0 saturated heterocycles. The molecule has 0 atom stereocenters. The molecule has 120 valence electrons. The molecule has 0 spiro atoms. The monoisotopic (exact) mass is 339 g/mol. The number of halogens is 2. The summed E-state index contributed by atoms with van der Waals surface area (Å²) >= 11 is 5.69. The van der Waals surface area contributed by atoms with Gasteiger partial charge in [0.25, 0.3) is 5.91 Å². The van der Waals surface area contributed by atoms with Crippen molar-refractivity contribution in [2.75, 3.05) is 11.9 Å². The lowest BCUT2D eigenvalue weighted by atomic mass is 10.2. The second-order valence-electron chi connectivity index (χ2n) is 4.45. The first-order valence-electron chi connectivity index (χ1n) is 6.31. The maximum Gasteiger partial charge on any atom is 0.342 e. The summed E-state index contributed by atoms with van der Waals surface area (Å²) in [5, 5.41) is 21.1. The van der Waals surface area contributed by atoms with Crippen LogP contribution in [-0.4, -0.2) is 28.7 Å². The maximum atomic E-state index is 13.4. The molecular formula is C15H11ClFNO5. The zero-order valence-corrected chi connectivity index (χ0v) is 12.3. The van der Waals surface area contributed by atoms with E-state index in [1.807, 2.05) is 0 Å². The van der Waals surface area contributed by atoms with Crippen LogP contribution in [-0.2, 0) is 9.53 Å². The molecule has 23 heavy (non-hydrogen) atoms. The molecule has 0 fully saturated rings. The van der Waals surface area contributed by atoms with Crippen molar-refractivity contribution in [2.24, 2.45) is 0 Å². The van der Waals surface area contributed by atoms with Crippen LogP contribution in [0.1, 0.15) is 10.4 Å². The van der Waals surface area contributed by atoms with Crippen molar-refractivity contribution in [1.82, 2.24) is 0 Å². The number of rotatable bonds is 4. The van der Waals surface area contributed by atoms with E-state index in [4.69, 9.17) is 21.4 Å². The Morgan fingerprint density at radius 1 is 1.17 bits per heavy atom. The van der Waals surface area contributed by atoms with E-state index >= 15 is 0 Å². The molecule has 0 radical (unpaired) electrons. The van der Waals surface area contributed by atoms with Gasteiger partial charge in [0.05, 0.1) is 5.69 Å². The number of ether oxygens (including phenoxy) is 1. The van der Waals surface area contributed by atoms with Gasteiger partial charge in [-0.2, -0.15) is 0 Å². The number of anilines is 1. The third-order valence-corrected chi connectivity index (χ3v) is 2.97. The fourth-order valence-corrected chi connectivity index (χ4v) is 1.85. The second kappa shape index (κ2) is 6.97. The number of hydrogen-bond donors (Lipinski definition) is 3. The summed E-state index contributed by atoms with van der Waals surface area (Å²) in [6.07, 6.45) is 0. The van der Waals surface area contributed by atoms with E-state index in [0.29, 0.717) is 0 Å². The Labute approximate surface area is 135 Å². The first-order chi connectivity index (χ1) is 10.9. The van der Waals surface area contributed by atoms with Crippen LogP contribution in [0.5, 0.6) is 11.5 Å². The van der Waals surface area contributed by atoms with Gasteiger partial charge >= 0.3 is 5.97 Å². The Balaban J connectivity index is 1.96. The van der Waals surface area contributed by atoms with Gasteiger partial charge in [0.2, 0.25) is 0 Å². The van der Waals surface area contributed by atoms with Crippen LogP contribution in [0.2, 0.25) is 5.02 Å². The van der Waals surface area contributed by atoms with Crippen LogP contribution in [0, 0.1) is 5.82 Å². The standard InChI is InChI=1S/C15H11ClFNO5/c16-8-1-4-11(17)12(5-8)18-14(21)7-23-15(22)10-3-2-9(19)6-13(10)20/h1-6,19-20H,7H2,(H,18,21). The van der Waals surface area contributed by atoms with Crippen molar-refractivity contribution in [3.8, 4) is 11.5 Å². The van der Waals surface area contributed by atoms with Gasteiger partial charge in [0.1, 0.15) is 22.9 Å². The number of nitrogens with one attached hydrogen (secondary N) is 1. The van der Waals surface area contributed by atoms with Crippen molar-refractivity contribution in [3.05, 3.63) is 52.8 Å². The summed E-state index contributed by atoms with van der Waals surface area (Å²) in [5.41, 5.74) is -0.365. The molecular weight excluding hydrogens is 329 g/mol. The van der Waals surface area contributed by atoms with E-state index in [2.05, 4.69) is 5.32 Å². The number of esters is 1. The van der Waals surface area contributed by atoms with Crippen molar-refractivity contribution >= 4 is 29.2 Å². The van der Waals surface area contributed by atoms with Gasteiger partial charge in [-0.25, -0.2) is 9.18 Å². The topological polar surface area (TPSA) is 95.9 Å². The van der Waals surface area contributed by atoms with Crippen LogP contribution in [0.15, 0.2) is 36.4 Å². The number of carbonyl (C=O) groups excluding carboxylic acids is 2. The van der Waals surface area contributed by atoms with E-state index in [9.17, 15) is 19.1 Å². The molecule has 0 unspecified atom stereocenters. The lowest BCUT2D eigenvalue weighted by molar-refractivity contribution is -0.119. The highest BCUT2D eigenvalue weighted by Gasteiger charge is 2.15. The minimum atomic E-state index is -0.968. The first kappa shape index (κ1) is 16.6. The molecule has 2 aromatic carbocycles. The smallest absolute Gasteiger partial charge is 0.342 e. The number of hydrogen-bond acceptors (Lipinski definition) is 5. The van der Waals surface area contributed by atoms with Crippen molar-refractivity contribution in [3.63, 3.8) is 0 Å². The summed E-state index contributed by atoms with van der Waals surface area (Å²) in [6.45, 7) is -0.689. The Morgan fingerprint density at radius 3 is 2.61 bits per heavy atom. The zero-order chi connectivity index (χ0) is 17.0. The molecule has 0 aromatic heterocycles. The Morgan fingerprint density at radius 2 is 1.91 bits per heavy atom. The van der Waals surface area contributed by atoms with Crippen LogP contribution in [0.25, 0.3) is 0 Å². The zero-order valence-electron chi connectivity index (χ0n) is 11.5. The molecule has 0 bridgehead atoms. The van der Waals surface area contributed by atoms with Gasteiger partial charge in [-0.3, -0.25) is 4.79 Å². The molecule has 2 rings (SSSR count). The molecule has 1 amide bonds. The molecule has 0 aliphatic rings. The second-order valence-corrected chi connectivity index (χ2v) is 4.89. The average Bonchev–Trinajstić information content (AvgIpc) is 2.48. The molecule has 0 heterocycles. The summed E-state index contributed by atoms with van der Waals surface area (Å²) in [7, 11) is 0. The lowest BCUT2D eigenvalue weighted by Crippen LogP contribution is -2.21. The third kappa shape index (κ3) is 4.33. The molecule has 2 aromatic rings. The van der Waals surface area contributed by atoms with Gasteiger partial charge in [0, 0.05) is 11.1 Å². The number of aromatic hydroxyl groups is 2.